The molecule has 1 aromatic carbocycles. The van der Waals surface area contributed by atoms with Crippen LogP contribution in [0.4, 0.5) is 0 Å². The first-order chi connectivity index (χ1) is 14.4. The highest BCUT2D eigenvalue weighted by Crippen LogP contribution is 2.40. The zero-order chi connectivity index (χ0) is 21.0. The average Bonchev–Trinajstić information content (AvgIpc) is 3.30. The lowest BCUT2D eigenvalue weighted by Gasteiger charge is -2.23. The number of piperidine rings is 1. The molecular weight excluding hydrogens is 417 g/mol. The third kappa shape index (κ3) is 3.20. The van der Waals surface area contributed by atoms with E-state index in [2.05, 4.69) is 52.4 Å². The maximum atomic E-state index is 6.65. The van der Waals surface area contributed by atoms with E-state index in [1.807, 2.05) is 13.1 Å². The Morgan fingerprint density at radius 1 is 1.17 bits per heavy atom. The molecular formula is C23H25Cl2N5. The van der Waals surface area contributed by atoms with Crippen molar-refractivity contribution in [3.05, 3.63) is 51.4 Å². The first kappa shape index (κ1) is 19.9. The summed E-state index contributed by atoms with van der Waals surface area (Å²) in [5.41, 5.74) is 7.57. The Morgan fingerprint density at radius 3 is 2.67 bits per heavy atom. The molecule has 0 saturated carbocycles. The molecule has 1 saturated heterocycles. The van der Waals surface area contributed by atoms with Crippen molar-refractivity contribution in [1.82, 2.24) is 24.9 Å². The Morgan fingerprint density at radius 2 is 1.93 bits per heavy atom. The Bertz CT molecular complexity index is 1250. The second-order valence-electron chi connectivity index (χ2n) is 8.53. The lowest BCUT2D eigenvalue weighted by Crippen LogP contribution is -2.26. The fraction of sp³-hybridized carbons (Fsp3) is 0.391. The quantitative estimate of drug-likeness (QED) is 0.404. The van der Waals surface area contributed by atoms with E-state index in [1.165, 1.54) is 29.4 Å². The Balaban J connectivity index is 1.72. The minimum atomic E-state index is 0.195. The molecule has 0 unspecified atom stereocenters. The number of nitrogens with zero attached hydrogens (tertiary/aromatic N) is 3. The maximum absolute atomic E-state index is 6.65. The number of fused-ring (bicyclic) bond motifs is 2. The molecule has 4 heterocycles. The molecule has 0 spiro atoms. The molecule has 7 heteroatoms. The van der Waals surface area contributed by atoms with Crippen LogP contribution in [-0.4, -0.2) is 32.7 Å². The van der Waals surface area contributed by atoms with E-state index in [0.717, 1.165) is 35.4 Å². The van der Waals surface area contributed by atoms with Gasteiger partial charge in [0.25, 0.3) is 0 Å². The standard InChI is InChI=1S/C23H25Cl2N5/c1-12(2)19-16-10-15(14-6-8-26-9-7-14)4-5-18(16)27-21(19)17-11-30-22(20(24)13(17)3)28-23(25)29-30/h4-5,10-12,14,26-27H,6-9H2,1-3H3. The van der Waals surface area contributed by atoms with Gasteiger partial charge in [0.15, 0.2) is 5.65 Å². The zero-order valence-corrected chi connectivity index (χ0v) is 18.9. The van der Waals surface area contributed by atoms with Gasteiger partial charge in [0.2, 0.25) is 5.28 Å². The second-order valence-corrected chi connectivity index (χ2v) is 9.24. The number of hydrogen-bond donors (Lipinski definition) is 2. The van der Waals surface area contributed by atoms with Crippen molar-refractivity contribution in [2.45, 2.75) is 45.4 Å². The van der Waals surface area contributed by atoms with Crippen LogP contribution in [0.5, 0.6) is 0 Å². The van der Waals surface area contributed by atoms with Crippen molar-refractivity contribution >= 4 is 39.8 Å². The van der Waals surface area contributed by atoms with Crippen molar-refractivity contribution in [2.24, 2.45) is 0 Å². The summed E-state index contributed by atoms with van der Waals surface area (Å²) in [6, 6.07) is 6.90. The molecule has 5 nitrogen and oxygen atoms in total. The van der Waals surface area contributed by atoms with Crippen LogP contribution < -0.4 is 5.32 Å². The normalized spacial score (nSPS) is 15.7. The van der Waals surface area contributed by atoms with Gasteiger partial charge in [-0.25, -0.2) is 4.52 Å². The summed E-state index contributed by atoms with van der Waals surface area (Å²) in [6.45, 7) is 8.69. The number of pyridine rings is 1. The summed E-state index contributed by atoms with van der Waals surface area (Å²) < 4.78 is 1.67. The molecule has 1 aliphatic rings. The van der Waals surface area contributed by atoms with Crippen LogP contribution in [0.25, 0.3) is 27.8 Å². The highest BCUT2D eigenvalue weighted by molar-refractivity contribution is 6.35. The monoisotopic (exact) mass is 441 g/mol. The molecule has 5 rings (SSSR count). The van der Waals surface area contributed by atoms with Gasteiger partial charge >= 0.3 is 0 Å². The van der Waals surface area contributed by atoms with Crippen LogP contribution in [0.2, 0.25) is 10.3 Å². The minimum Gasteiger partial charge on any atom is -0.354 e. The van der Waals surface area contributed by atoms with Crippen LogP contribution in [0.15, 0.2) is 24.4 Å². The lowest BCUT2D eigenvalue weighted by molar-refractivity contribution is 0.460. The van der Waals surface area contributed by atoms with Gasteiger partial charge in [0.1, 0.15) is 0 Å². The highest BCUT2D eigenvalue weighted by atomic mass is 35.5. The van der Waals surface area contributed by atoms with Gasteiger partial charge in [0, 0.05) is 22.7 Å². The predicted molar refractivity (Wildman–Crippen MR) is 124 cm³/mol. The molecule has 0 radical (unpaired) electrons. The predicted octanol–water partition coefficient (Wildman–Crippen LogP) is 6.08. The van der Waals surface area contributed by atoms with Crippen molar-refractivity contribution in [3.63, 3.8) is 0 Å². The number of nitrogens with one attached hydrogen (secondary N) is 2. The Kier molecular flexibility index (Phi) is 5.00. The first-order valence-corrected chi connectivity index (χ1v) is 11.3. The molecule has 1 aliphatic heterocycles. The zero-order valence-electron chi connectivity index (χ0n) is 17.4. The topological polar surface area (TPSA) is 58.0 Å². The largest absolute Gasteiger partial charge is 0.354 e. The average molecular weight is 442 g/mol. The molecule has 30 heavy (non-hydrogen) atoms. The third-order valence-electron chi connectivity index (χ3n) is 6.31. The molecule has 1 fully saturated rings. The van der Waals surface area contributed by atoms with E-state index in [-0.39, 0.29) is 5.28 Å². The van der Waals surface area contributed by atoms with Gasteiger partial charge in [-0.1, -0.05) is 31.5 Å². The number of aromatic nitrogens is 4. The second kappa shape index (κ2) is 7.56. The van der Waals surface area contributed by atoms with Crippen molar-refractivity contribution < 1.29 is 0 Å². The SMILES string of the molecule is Cc1c(-c2[nH]c3ccc(C4CCNCC4)cc3c2C(C)C)cn2nc(Cl)nc2c1Cl. The van der Waals surface area contributed by atoms with E-state index >= 15 is 0 Å². The van der Waals surface area contributed by atoms with E-state index in [1.54, 1.807) is 4.52 Å². The van der Waals surface area contributed by atoms with E-state index < -0.39 is 0 Å². The number of H-pyrrole nitrogens is 1. The molecule has 0 aliphatic carbocycles. The minimum absolute atomic E-state index is 0.195. The Labute approximate surface area is 185 Å². The number of aromatic amines is 1. The van der Waals surface area contributed by atoms with Gasteiger partial charge in [-0.2, -0.15) is 4.98 Å². The molecule has 0 bridgehead atoms. The number of hydrogen-bond acceptors (Lipinski definition) is 3. The fourth-order valence-corrected chi connectivity index (χ4v) is 5.14. The number of halogens is 2. The van der Waals surface area contributed by atoms with Gasteiger partial charge in [-0.3, -0.25) is 0 Å². The van der Waals surface area contributed by atoms with E-state index in [0.29, 0.717) is 22.5 Å². The molecule has 4 aromatic rings. The molecule has 156 valence electrons. The van der Waals surface area contributed by atoms with Crippen LogP contribution in [-0.2, 0) is 0 Å². The fourth-order valence-electron chi connectivity index (χ4n) is 4.75. The van der Waals surface area contributed by atoms with Crippen LogP contribution in [0, 0.1) is 6.92 Å². The summed E-state index contributed by atoms with van der Waals surface area (Å²) in [6.07, 6.45) is 4.36. The van der Waals surface area contributed by atoms with Gasteiger partial charge in [0.05, 0.1) is 10.7 Å². The van der Waals surface area contributed by atoms with Gasteiger partial charge in [-0.15, -0.1) is 5.10 Å². The summed E-state index contributed by atoms with van der Waals surface area (Å²) in [5.74, 6) is 0.976. The molecule has 2 N–H and O–H groups in total. The van der Waals surface area contributed by atoms with Gasteiger partial charge in [-0.05, 0) is 85.1 Å². The van der Waals surface area contributed by atoms with Crippen molar-refractivity contribution in [1.29, 1.82) is 0 Å². The summed E-state index contributed by atoms with van der Waals surface area (Å²) in [7, 11) is 0. The third-order valence-corrected chi connectivity index (χ3v) is 6.92. The molecule has 0 atom stereocenters. The number of benzene rings is 1. The van der Waals surface area contributed by atoms with Crippen LogP contribution in [0.3, 0.4) is 0 Å². The Hall–Kier alpha value is -2.08. The van der Waals surface area contributed by atoms with Crippen molar-refractivity contribution in [3.8, 4) is 11.3 Å². The lowest BCUT2D eigenvalue weighted by atomic mass is 9.88. The molecule has 0 amide bonds. The molecule has 3 aromatic heterocycles. The van der Waals surface area contributed by atoms with Crippen LogP contribution in [0.1, 0.15) is 55.2 Å². The first-order valence-electron chi connectivity index (χ1n) is 10.5. The smallest absolute Gasteiger partial charge is 0.243 e. The van der Waals surface area contributed by atoms with Gasteiger partial charge < -0.3 is 10.3 Å². The number of rotatable bonds is 3. The summed E-state index contributed by atoms with van der Waals surface area (Å²) >= 11 is 12.7. The summed E-state index contributed by atoms with van der Waals surface area (Å²) in [4.78, 5) is 7.91. The summed E-state index contributed by atoms with van der Waals surface area (Å²) in [5, 5.41) is 9.80. The maximum Gasteiger partial charge on any atom is 0.243 e. The van der Waals surface area contributed by atoms with E-state index in [9.17, 15) is 0 Å². The van der Waals surface area contributed by atoms with Crippen LogP contribution >= 0.6 is 23.2 Å². The van der Waals surface area contributed by atoms with Crippen molar-refractivity contribution in [2.75, 3.05) is 13.1 Å². The highest BCUT2D eigenvalue weighted by Gasteiger charge is 2.22. The van der Waals surface area contributed by atoms with E-state index in [4.69, 9.17) is 23.2 Å².